The van der Waals surface area contributed by atoms with Crippen LogP contribution in [0, 0.1) is 0 Å². The minimum Gasteiger partial charge on any atom is -0.309 e. The summed E-state index contributed by atoms with van der Waals surface area (Å²) in [5.74, 6) is 0. The first-order valence-electron chi connectivity index (χ1n) is 6.66. The van der Waals surface area contributed by atoms with Crippen LogP contribution in [0.4, 0.5) is 0 Å². The van der Waals surface area contributed by atoms with E-state index in [9.17, 15) is 0 Å². The fourth-order valence-electron chi connectivity index (χ4n) is 2.05. The maximum atomic E-state index is 4.30. The molecule has 1 aromatic heterocycles. The topological polar surface area (TPSA) is 33.1 Å². The van der Waals surface area contributed by atoms with Crippen LogP contribution in [-0.2, 0) is 6.54 Å². The Morgan fingerprint density at radius 2 is 2.35 bits per heavy atom. The fourth-order valence-corrected chi connectivity index (χ4v) is 2.05. The zero-order chi connectivity index (χ0) is 12.3. The Morgan fingerprint density at radius 1 is 1.59 bits per heavy atom. The van der Waals surface area contributed by atoms with Crippen LogP contribution in [0.15, 0.2) is 12.4 Å². The highest BCUT2D eigenvalue weighted by molar-refractivity contribution is 5.09. The van der Waals surface area contributed by atoms with E-state index in [2.05, 4.69) is 42.4 Å². The molecule has 96 valence electrons. The smallest absolute Gasteiger partial charge is 0.0537 e. The van der Waals surface area contributed by atoms with Crippen molar-refractivity contribution in [1.82, 2.24) is 20.0 Å². The number of nitrogens with zero attached hydrogens (tertiary/aromatic N) is 3. The van der Waals surface area contributed by atoms with E-state index < -0.39 is 0 Å². The van der Waals surface area contributed by atoms with Gasteiger partial charge in [-0.1, -0.05) is 0 Å². The van der Waals surface area contributed by atoms with Crippen molar-refractivity contribution in [2.45, 2.75) is 45.3 Å². The lowest BCUT2D eigenvalue weighted by atomic mass is 10.2. The second kappa shape index (κ2) is 5.65. The first-order valence-corrected chi connectivity index (χ1v) is 6.66. The number of hydrogen-bond donors (Lipinski definition) is 1. The van der Waals surface area contributed by atoms with Crippen LogP contribution < -0.4 is 5.32 Å². The fraction of sp³-hybridized carbons (Fsp3) is 0.769. The zero-order valence-corrected chi connectivity index (χ0v) is 11.2. The molecule has 0 bridgehead atoms. The van der Waals surface area contributed by atoms with E-state index >= 15 is 0 Å². The van der Waals surface area contributed by atoms with E-state index in [4.69, 9.17) is 0 Å². The molecule has 1 N–H and O–H groups in total. The molecule has 4 nitrogen and oxygen atoms in total. The zero-order valence-electron chi connectivity index (χ0n) is 11.2. The first kappa shape index (κ1) is 12.6. The molecule has 0 aromatic carbocycles. The number of aryl methyl sites for hydroxylation is 1. The standard InChI is InChI=1S/C13H24N4/c1-4-17-10-12(9-15-17)11(2)14-7-8-16(3)13-5-6-13/h9-11,13-14H,4-8H2,1-3H3. The minimum atomic E-state index is 0.392. The van der Waals surface area contributed by atoms with E-state index in [1.54, 1.807) is 0 Å². The van der Waals surface area contributed by atoms with Crippen LogP contribution in [0.5, 0.6) is 0 Å². The van der Waals surface area contributed by atoms with E-state index in [0.717, 1.165) is 25.7 Å². The molecule has 1 aliphatic rings. The molecule has 17 heavy (non-hydrogen) atoms. The molecule has 1 unspecified atom stereocenters. The Morgan fingerprint density at radius 3 is 2.94 bits per heavy atom. The largest absolute Gasteiger partial charge is 0.309 e. The van der Waals surface area contributed by atoms with Gasteiger partial charge >= 0.3 is 0 Å². The Hall–Kier alpha value is -0.870. The third-order valence-corrected chi connectivity index (χ3v) is 3.56. The SMILES string of the molecule is CCn1cc(C(C)NCCN(C)C2CC2)cn1. The Kier molecular flexibility index (Phi) is 4.18. The van der Waals surface area contributed by atoms with Crippen molar-refractivity contribution >= 4 is 0 Å². The number of rotatable bonds is 7. The van der Waals surface area contributed by atoms with Crippen LogP contribution in [0.3, 0.4) is 0 Å². The highest BCUT2D eigenvalue weighted by Crippen LogP contribution is 2.24. The van der Waals surface area contributed by atoms with Gasteiger partial charge in [0.05, 0.1) is 6.20 Å². The van der Waals surface area contributed by atoms with E-state index in [-0.39, 0.29) is 0 Å². The second-order valence-corrected chi connectivity index (χ2v) is 5.02. The first-order chi connectivity index (χ1) is 8.20. The Bertz CT molecular complexity index is 343. The summed E-state index contributed by atoms with van der Waals surface area (Å²) < 4.78 is 1.98. The molecule has 0 amide bonds. The summed E-state index contributed by atoms with van der Waals surface area (Å²) in [6, 6.07) is 1.25. The van der Waals surface area contributed by atoms with Crippen molar-refractivity contribution in [3.05, 3.63) is 18.0 Å². The van der Waals surface area contributed by atoms with Gasteiger partial charge in [-0.2, -0.15) is 5.10 Å². The Labute approximate surface area is 104 Å². The van der Waals surface area contributed by atoms with Crippen molar-refractivity contribution in [2.24, 2.45) is 0 Å². The molecule has 1 aromatic rings. The van der Waals surface area contributed by atoms with Gasteiger partial charge in [0.1, 0.15) is 0 Å². The lowest BCUT2D eigenvalue weighted by Crippen LogP contribution is -2.31. The molecule has 0 saturated heterocycles. The molecule has 2 rings (SSSR count). The van der Waals surface area contributed by atoms with E-state index in [1.807, 2.05) is 10.9 Å². The molecule has 1 aliphatic carbocycles. The van der Waals surface area contributed by atoms with Gasteiger partial charge in [0, 0.05) is 43.5 Å². The van der Waals surface area contributed by atoms with Gasteiger partial charge in [0.25, 0.3) is 0 Å². The quantitative estimate of drug-likeness (QED) is 0.781. The van der Waals surface area contributed by atoms with Gasteiger partial charge in [0.2, 0.25) is 0 Å². The van der Waals surface area contributed by atoms with Gasteiger partial charge in [0.15, 0.2) is 0 Å². The molecule has 1 fully saturated rings. The number of aromatic nitrogens is 2. The molecule has 0 aliphatic heterocycles. The van der Waals surface area contributed by atoms with Crippen LogP contribution in [-0.4, -0.2) is 40.9 Å². The van der Waals surface area contributed by atoms with Gasteiger partial charge < -0.3 is 10.2 Å². The van der Waals surface area contributed by atoms with Crippen molar-refractivity contribution in [2.75, 3.05) is 20.1 Å². The summed E-state index contributed by atoms with van der Waals surface area (Å²) >= 11 is 0. The minimum absolute atomic E-state index is 0.392. The summed E-state index contributed by atoms with van der Waals surface area (Å²) in [6.45, 7) is 7.44. The lowest BCUT2D eigenvalue weighted by Gasteiger charge is -2.18. The average Bonchev–Trinajstić information content (AvgIpc) is 3.06. The van der Waals surface area contributed by atoms with Crippen molar-refractivity contribution < 1.29 is 0 Å². The van der Waals surface area contributed by atoms with E-state index in [1.165, 1.54) is 18.4 Å². The summed E-state index contributed by atoms with van der Waals surface area (Å²) in [4.78, 5) is 2.45. The maximum Gasteiger partial charge on any atom is 0.0537 e. The average molecular weight is 236 g/mol. The predicted molar refractivity (Wildman–Crippen MR) is 70.0 cm³/mol. The van der Waals surface area contributed by atoms with Crippen LogP contribution in [0.25, 0.3) is 0 Å². The van der Waals surface area contributed by atoms with Crippen molar-refractivity contribution in [3.63, 3.8) is 0 Å². The molecule has 4 heteroatoms. The second-order valence-electron chi connectivity index (χ2n) is 5.02. The van der Waals surface area contributed by atoms with Gasteiger partial charge in [-0.3, -0.25) is 4.68 Å². The number of hydrogen-bond acceptors (Lipinski definition) is 3. The Balaban J connectivity index is 1.70. The molecular weight excluding hydrogens is 212 g/mol. The van der Waals surface area contributed by atoms with Crippen molar-refractivity contribution in [3.8, 4) is 0 Å². The summed E-state index contributed by atoms with van der Waals surface area (Å²) in [5, 5.41) is 7.86. The molecule has 1 heterocycles. The normalized spacial score (nSPS) is 17.6. The third kappa shape index (κ3) is 3.54. The van der Waals surface area contributed by atoms with E-state index in [0.29, 0.717) is 6.04 Å². The third-order valence-electron chi connectivity index (χ3n) is 3.56. The molecule has 1 atom stereocenters. The van der Waals surface area contributed by atoms with Gasteiger partial charge in [-0.25, -0.2) is 0 Å². The van der Waals surface area contributed by atoms with Gasteiger partial charge in [-0.15, -0.1) is 0 Å². The lowest BCUT2D eigenvalue weighted by molar-refractivity contribution is 0.316. The summed E-state index contributed by atoms with van der Waals surface area (Å²) in [7, 11) is 2.22. The number of nitrogens with one attached hydrogen (secondary N) is 1. The molecule has 1 saturated carbocycles. The molecular formula is C13H24N4. The van der Waals surface area contributed by atoms with Crippen LogP contribution >= 0.6 is 0 Å². The summed E-state index contributed by atoms with van der Waals surface area (Å²) in [6.07, 6.45) is 6.86. The van der Waals surface area contributed by atoms with Crippen LogP contribution in [0.2, 0.25) is 0 Å². The monoisotopic (exact) mass is 236 g/mol. The van der Waals surface area contributed by atoms with Crippen molar-refractivity contribution in [1.29, 1.82) is 0 Å². The molecule has 0 spiro atoms. The highest BCUT2D eigenvalue weighted by Gasteiger charge is 2.25. The van der Waals surface area contributed by atoms with Crippen LogP contribution in [0.1, 0.15) is 38.3 Å². The number of likely N-dealkylation sites (N-methyl/N-ethyl adjacent to an activating group) is 1. The predicted octanol–water partition coefficient (Wildman–Crippen LogP) is 1.65. The maximum absolute atomic E-state index is 4.30. The highest BCUT2D eigenvalue weighted by atomic mass is 15.3. The van der Waals surface area contributed by atoms with Gasteiger partial charge in [-0.05, 0) is 33.7 Å². The summed E-state index contributed by atoms with van der Waals surface area (Å²) in [5.41, 5.74) is 1.28. The molecule has 0 radical (unpaired) electrons.